The number of nitrogens with zero attached hydrogens (tertiary/aromatic N) is 3. The summed E-state index contributed by atoms with van der Waals surface area (Å²) < 4.78 is 5.01. The van der Waals surface area contributed by atoms with Crippen LogP contribution < -0.4 is 15.1 Å². The second-order valence-corrected chi connectivity index (χ2v) is 7.45. The van der Waals surface area contributed by atoms with Gasteiger partial charge in [-0.05, 0) is 36.2 Å². The summed E-state index contributed by atoms with van der Waals surface area (Å²) in [4.78, 5) is 30.7. The summed E-state index contributed by atoms with van der Waals surface area (Å²) in [5, 5.41) is 3.02. The first-order chi connectivity index (χ1) is 14.1. The molecule has 1 atom stereocenters. The number of nitrogens with one attached hydrogen (secondary N) is 1. The Morgan fingerprint density at radius 3 is 2.79 bits per heavy atom. The van der Waals surface area contributed by atoms with Crippen molar-refractivity contribution in [2.75, 3.05) is 41.9 Å². The van der Waals surface area contributed by atoms with Crippen LogP contribution in [0.2, 0.25) is 0 Å². The highest BCUT2D eigenvalue weighted by Crippen LogP contribution is 2.28. The predicted octanol–water partition coefficient (Wildman–Crippen LogP) is 3.91. The second kappa shape index (κ2) is 8.03. The van der Waals surface area contributed by atoms with Crippen LogP contribution in [0.15, 0.2) is 48.5 Å². The highest BCUT2D eigenvalue weighted by Gasteiger charge is 2.29. The molecule has 0 aromatic heterocycles. The fourth-order valence-corrected chi connectivity index (χ4v) is 4.00. The third-order valence-corrected chi connectivity index (χ3v) is 5.57. The lowest BCUT2D eigenvalue weighted by molar-refractivity contribution is 0.181. The van der Waals surface area contributed by atoms with Crippen LogP contribution in [0.25, 0.3) is 0 Å². The van der Waals surface area contributed by atoms with Crippen LogP contribution in [-0.2, 0) is 11.3 Å². The van der Waals surface area contributed by atoms with Crippen molar-refractivity contribution in [3.05, 3.63) is 54.1 Å². The van der Waals surface area contributed by atoms with Gasteiger partial charge in [-0.25, -0.2) is 9.59 Å². The van der Waals surface area contributed by atoms with Crippen LogP contribution >= 0.6 is 0 Å². The van der Waals surface area contributed by atoms with E-state index in [1.165, 1.54) is 0 Å². The summed E-state index contributed by atoms with van der Waals surface area (Å²) >= 11 is 0. The van der Waals surface area contributed by atoms with Crippen molar-refractivity contribution in [1.29, 1.82) is 0 Å². The molecule has 1 saturated heterocycles. The zero-order valence-corrected chi connectivity index (χ0v) is 16.8. The minimum absolute atomic E-state index is 0.101. The van der Waals surface area contributed by atoms with Crippen LogP contribution in [-0.4, -0.2) is 49.8 Å². The summed E-state index contributed by atoms with van der Waals surface area (Å²) in [7, 11) is 2.07. The topological polar surface area (TPSA) is 65.1 Å². The third kappa shape index (κ3) is 3.85. The standard InChI is InChI=1S/C22H26N4O3/c1-3-18-15-24(2)20-10-5-4-7-16(20)14-26(18)21(27)23-17-8-6-9-19(13-17)25-11-12-29-22(25)28/h4-10,13,18H,3,11-12,14-15H2,1-2H3,(H,23,27). The molecule has 0 spiro atoms. The molecule has 2 aliphatic heterocycles. The number of benzene rings is 2. The van der Waals surface area contributed by atoms with E-state index in [0.29, 0.717) is 25.4 Å². The summed E-state index contributed by atoms with van der Waals surface area (Å²) in [6.07, 6.45) is 0.512. The van der Waals surface area contributed by atoms with Gasteiger partial charge >= 0.3 is 12.1 Å². The molecule has 7 heteroatoms. The molecule has 152 valence electrons. The zero-order chi connectivity index (χ0) is 20.4. The van der Waals surface area contributed by atoms with Crippen molar-refractivity contribution < 1.29 is 14.3 Å². The minimum Gasteiger partial charge on any atom is -0.447 e. The van der Waals surface area contributed by atoms with E-state index in [0.717, 1.165) is 29.9 Å². The van der Waals surface area contributed by atoms with E-state index in [4.69, 9.17) is 4.74 Å². The Bertz CT molecular complexity index is 916. The number of hydrogen-bond acceptors (Lipinski definition) is 4. The first kappa shape index (κ1) is 19.1. The van der Waals surface area contributed by atoms with E-state index in [1.54, 1.807) is 4.90 Å². The molecule has 4 rings (SSSR count). The zero-order valence-electron chi connectivity index (χ0n) is 16.8. The quantitative estimate of drug-likeness (QED) is 0.857. The number of anilines is 3. The molecule has 2 aromatic carbocycles. The molecular formula is C22H26N4O3. The Balaban J connectivity index is 1.55. The molecule has 2 aliphatic rings. The average molecular weight is 394 g/mol. The number of fused-ring (bicyclic) bond motifs is 1. The van der Waals surface area contributed by atoms with Gasteiger partial charge in [0, 0.05) is 37.2 Å². The SMILES string of the molecule is CCC1CN(C)c2ccccc2CN1C(=O)Nc1cccc(N2CCOC2=O)c1. The van der Waals surface area contributed by atoms with E-state index >= 15 is 0 Å². The van der Waals surface area contributed by atoms with Crippen molar-refractivity contribution in [2.45, 2.75) is 25.9 Å². The van der Waals surface area contributed by atoms with Crippen LogP contribution in [0.4, 0.5) is 26.7 Å². The van der Waals surface area contributed by atoms with Crippen molar-refractivity contribution in [3.63, 3.8) is 0 Å². The Hall–Kier alpha value is -3.22. The number of rotatable bonds is 3. The normalized spacial score (nSPS) is 18.9. The number of carbonyl (C=O) groups excluding carboxylic acids is 2. The van der Waals surface area contributed by atoms with Crippen LogP contribution in [0, 0.1) is 0 Å². The van der Waals surface area contributed by atoms with Crippen LogP contribution in [0.1, 0.15) is 18.9 Å². The van der Waals surface area contributed by atoms with Gasteiger partial charge in [-0.15, -0.1) is 0 Å². The molecule has 2 heterocycles. The number of hydrogen-bond donors (Lipinski definition) is 1. The van der Waals surface area contributed by atoms with Crippen molar-refractivity contribution in [3.8, 4) is 0 Å². The fourth-order valence-electron chi connectivity index (χ4n) is 4.00. The largest absolute Gasteiger partial charge is 0.447 e. The van der Waals surface area contributed by atoms with Gasteiger partial charge in [0.25, 0.3) is 0 Å². The van der Waals surface area contributed by atoms with Gasteiger partial charge < -0.3 is 19.9 Å². The van der Waals surface area contributed by atoms with Crippen LogP contribution in [0.3, 0.4) is 0 Å². The smallest absolute Gasteiger partial charge is 0.414 e. The molecule has 0 radical (unpaired) electrons. The lowest BCUT2D eigenvalue weighted by Gasteiger charge is -2.30. The molecule has 29 heavy (non-hydrogen) atoms. The summed E-state index contributed by atoms with van der Waals surface area (Å²) in [5.74, 6) is 0. The van der Waals surface area contributed by atoms with Gasteiger partial charge in [0.05, 0.1) is 12.6 Å². The first-order valence-corrected chi connectivity index (χ1v) is 9.98. The number of amides is 3. The monoisotopic (exact) mass is 394 g/mol. The summed E-state index contributed by atoms with van der Waals surface area (Å²) in [6.45, 7) is 4.34. The fraction of sp³-hybridized carbons (Fsp3) is 0.364. The first-order valence-electron chi connectivity index (χ1n) is 9.98. The molecule has 0 aliphatic carbocycles. The summed E-state index contributed by atoms with van der Waals surface area (Å²) in [5.41, 5.74) is 3.68. The minimum atomic E-state index is -0.355. The molecule has 2 aromatic rings. The molecule has 1 fully saturated rings. The van der Waals surface area contributed by atoms with E-state index in [2.05, 4.69) is 36.3 Å². The van der Waals surface area contributed by atoms with Crippen molar-refractivity contribution in [1.82, 2.24) is 4.90 Å². The molecule has 0 saturated carbocycles. The van der Waals surface area contributed by atoms with Gasteiger partial charge in [0.1, 0.15) is 6.61 Å². The maximum absolute atomic E-state index is 13.2. The molecule has 1 unspecified atom stereocenters. The van der Waals surface area contributed by atoms with Crippen molar-refractivity contribution >= 4 is 29.2 Å². The number of carbonyl (C=O) groups is 2. The van der Waals surface area contributed by atoms with E-state index < -0.39 is 0 Å². The number of ether oxygens (including phenoxy) is 1. The molecule has 1 N–H and O–H groups in total. The Labute approximate surface area is 170 Å². The third-order valence-electron chi connectivity index (χ3n) is 5.57. The van der Waals surface area contributed by atoms with Gasteiger partial charge in [-0.3, -0.25) is 4.90 Å². The number of para-hydroxylation sites is 1. The van der Waals surface area contributed by atoms with Gasteiger partial charge in [0.2, 0.25) is 0 Å². The second-order valence-electron chi connectivity index (χ2n) is 7.45. The maximum Gasteiger partial charge on any atom is 0.414 e. The molecule has 0 bridgehead atoms. The molecule has 3 amide bonds. The highest BCUT2D eigenvalue weighted by atomic mass is 16.6. The van der Waals surface area contributed by atoms with Crippen LogP contribution in [0.5, 0.6) is 0 Å². The summed E-state index contributed by atoms with van der Waals surface area (Å²) in [6, 6.07) is 15.5. The van der Waals surface area contributed by atoms with E-state index in [-0.39, 0.29) is 18.2 Å². The highest BCUT2D eigenvalue weighted by molar-refractivity contribution is 5.93. The predicted molar refractivity (Wildman–Crippen MR) is 113 cm³/mol. The lowest BCUT2D eigenvalue weighted by Crippen LogP contribution is -2.45. The van der Waals surface area contributed by atoms with Gasteiger partial charge in [0.15, 0.2) is 0 Å². The number of cyclic esters (lactones) is 1. The number of urea groups is 1. The average Bonchev–Trinajstić information content (AvgIpc) is 3.10. The van der Waals surface area contributed by atoms with Crippen molar-refractivity contribution in [2.24, 2.45) is 0 Å². The Kier molecular flexibility index (Phi) is 5.29. The maximum atomic E-state index is 13.2. The lowest BCUT2D eigenvalue weighted by atomic mass is 10.1. The Morgan fingerprint density at radius 1 is 1.21 bits per heavy atom. The molecule has 7 nitrogen and oxygen atoms in total. The number of likely N-dealkylation sites (N-methyl/N-ethyl adjacent to an activating group) is 1. The van der Waals surface area contributed by atoms with E-state index in [9.17, 15) is 9.59 Å². The van der Waals surface area contributed by atoms with E-state index in [1.807, 2.05) is 41.3 Å². The van der Waals surface area contributed by atoms with Gasteiger partial charge in [-0.1, -0.05) is 31.2 Å². The molecular weight excluding hydrogens is 368 g/mol. The Morgan fingerprint density at radius 2 is 2.03 bits per heavy atom. The van der Waals surface area contributed by atoms with Gasteiger partial charge in [-0.2, -0.15) is 0 Å².